The van der Waals surface area contributed by atoms with Crippen molar-refractivity contribution in [3.63, 3.8) is 0 Å². The molecule has 0 radical (unpaired) electrons. The summed E-state index contributed by atoms with van der Waals surface area (Å²) in [4.78, 5) is 15.4. The number of quaternary nitrogens is 1. The minimum Gasteiger partial charge on any atom is -0.366 e. The first-order valence-electron chi connectivity index (χ1n) is 11.1. The van der Waals surface area contributed by atoms with Crippen LogP contribution in [-0.2, 0) is 0 Å². The lowest BCUT2D eigenvalue weighted by Gasteiger charge is -2.51. The molecule has 2 bridgehead atoms. The number of fused-ring (bicyclic) bond motifs is 3. The minimum atomic E-state index is -0.418. The molecule has 3 aliphatic rings. The average molecular weight is 424 g/mol. The summed E-state index contributed by atoms with van der Waals surface area (Å²) in [6, 6.07) is 12.4. The second-order valence-electron chi connectivity index (χ2n) is 8.60. The molecule has 3 saturated heterocycles. The second-order valence-corrected chi connectivity index (χ2v) is 8.60. The lowest BCUT2D eigenvalue weighted by atomic mass is 10.1. The molecule has 3 fully saturated rings. The predicted molar refractivity (Wildman–Crippen MR) is 123 cm³/mol. The molecule has 31 heavy (non-hydrogen) atoms. The first kappa shape index (κ1) is 21.4. The van der Waals surface area contributed by atoms with Crippen molar-refractivity contribution in [2.75, 3.05) is 63.8 Å². The van der Waals surface area contributed by atoms with Crippen molar-refractivity contribution >= 4 is 22.7 Å². The minimum absolute atomic E-state index is 0.0519. The number of anilines is 1. The standard InChI is InChI=1S/C23H31N6O2/c1-3-27(13-17-29-14-10-26(11-15-29)12-16-29)22-8-9-23(19(2)18-22)25-24-20-4-6-21(7-5-20)28(30)31/h4-9,18H,3,10-17H2,1-2H3/q+1/b25-24+. The van der Waals surface area contributed by atoms with Gasteiger partial charge in [-0.2, -0.15) is 10.2 Å². The molecule has 5 rings (SSSR count). The van der Waals surface area contributed by atoms with E-state index < -0.39 is 4.92 Å². The number of non-ortho nitro benzene ring substituents is 1. The Morgan fingerprint density at radius 2 is 1.74 bits per heavy atom. The van der Waals surface area contributed by atoms with Gasteiger partial charge in [-0.1, -0.05) is 0 Å². The van der Waals surface area contributed by atoms with Crippen LogP contribution in [0, 0.1) is 17.0 Å². The average Bonchev–Trinajstić information content (AvgIpc) is 2.80. The zero-order valence-corrected chi connectivity index (χ0v) is 18.4. The molecule has 0 atom stereocenters. The first-order valence-corrected chi connectivity index (χ1v) is 11.1. The number of nitro groups is 1. The van der Waals surface area contributed by atoms with Crippen LogP contribution in [0.5, 0.6) is 0 Å². The van der Waals surface area contributed by atoms with Crippen molar-refractivity contribution in [2.45, 2.75) is 13.8 Å². The van der Waals surface area contributed by atoms with E-state index in [1.807, 2.05) is 13.0 Å². The molecule has 0 amide bonds. The van der Waals surface area contributed by atoms with E-state index in [1.54, 1.807) is 12.1 Å². The van der Waals surface area contributed by atoms with E-state index in [2.05, 4.69) is 39.1 Å². The topological polar surface area (TPSA) is 74.3 Å². The summed E-state index contributed by atoms with van der Waals surface area (Å²) in [6.45, 7) is 15.1. The lowest BCUT2D eigenvalue weighted by Crippen LogP contribution is -2.68. The maximum atomic E-state index is 10.8. The largest absolute Gasteiger partial charge is 0.366 e. The summed E-state index contributed by atoms with van der Waals surface area (Å²) in [5, 5.41) is 19.4. The number of nitro benzene ring substituents is 1. The zero-order chi connectivity index (χ0) is 21.8. The maximum absolute atomic E-state index is 10.8. The third kappa shape index (κ3) is 4.91. The van der Waals surface area contributed by atoms with E-state index in [1.165, 1.54) is 68.1 Å². The number of aryl methyl sites for hydroxylation is 1. The van der Waals surface area contributed by atoms with Crippen LogP contribution in [0.3, 0.4) is 0 Å². The van der Waals surface area contributed by atoms with E-state index in [0.29, 0.717) is 5.69 Å². The number of rotatable bonds is 8. The highest BCUT2D eigenvalue weighted by Gasteiger charge is 2.38. The van der Waals surface area contributed by atoms with Gasteiger partial charge in [-0.15, -0.1) is 0 Å². The van der Waals surface area contributed by atoms with Crippen LogP contribution in [-0.4, -0.2) is 73.2 Å². The van der Waals surface area contributed by atoms with Crippen LogP contribution in [0.25, 0.3) is 0 Å². The fourth-order valence-electron chi connectivity index (χ4n) is 4.57. The van der Waals surface area contributed by atoms with Crippen LogP contribution < -0.4 is 4.90 Å². The number of hydrogen-bond acceptors (Lipinski definition) is 6. The quantitative estimate of drug-likeness (QED) is 0.275. The number of piperazine rings is 3. The summed E-state index contributed by atoms with van der Waals surface area (Å²) < 4.78 is 1.27. The fourth-order valence-corrected chi connectivity index (χ4v) is 4.57. The van der Waals surface area contributed by atoms with Gasteiger partial charge in [0.1, 0.15) is 0 Å². The normalized spacial score (nSPS) is 22.7. The molecule has 0 saturated carbocycles. The first-order chi connectivity index (χ1) is 15.0. The van der Waals surface area contributed by atoms with Gasteiger partial charge in [-0.05, 0) is 49.7 Å². The van der Waals surface area contributed by atoms with E-state index in [4.69, 9.17) is 0 Å². The van der Waals surface area contributed by atoms with Gasteiger partial charge in [0.25, 0.3) is 5.69 Å². The Labute approximate surface area is 183 Å². The van der Waals surface area contributed by atoms with Gasteiger partial charge in [0.15, 0.2) is 0 Å². The predicted octanol–water partition coefficient (Wildman–Crippen LogP) is 4.29. The van der Waals surface area contributed by atoms with Crippen molar-refractivity contribution in [1.29, 1.82) is 0 Å². The lowest BCUT2D eigenvalue weighted by molar-refractivity contribution is -0.939. The van der Waals surface area contributed by atoms with E-state index in [9.17, 15) is 10.1 Å². The summed E-state index contributed by atoms with van der Waals surface area (Å²) in [7, 11) is 0. The van der Waals surface area contributed by atoms with Gasteiger partial charge in [-0.3, -0.25) is 15.0 Å². The Kier molecular flexibility index (Phi) is 6.29. The Morgan fingerprint density at radius 3 is 2.32 bits per heavy atom. The van der Waals surface area contributed by atoms with Gasteiger partial charge in [0.2, 0.25) is 0 Å². The smallest absolute Gasteiger partial charge is 0.269 e. The Bertz CT molecular complexity index is 937. The molecule has 0 spiro atoms. The summed E-state index contributed by atoms with van der Waals surface area (Å²) in [6.07, 6.45) is 0. The van der Waals surface area contributed by atoms with Gasteiger partial charge in [0, 0.05) is 44.0 Å². The number of azo groups is 1. The highest BCUT2D eigenvalue weighted by molar-refractivity contribution is 5.57. The molecule has 164 valence electrons. The monoisotopic (exact) mass is 423 g/mol. The van der Waals surface area contributed by atoms with Crippen molar-refractivity contribution in [3.8, 4) is 0 Å². The second kappa shape index (κ2) is 9.11. The molecule has 0 unspecified atom stereocenters. The number of hydrogen-bond donors (Lipinski definition) is 0. The third-order valence-corrected chi connectivity index (χ3v) is 6.78. The Hall–Kier alpha value is -2.84. The number of likely N-dealkylation sites (N-methyl/N-ethyl adjacent to an activating group) is 1. The Morgan fingerprint density at radius 1 is 1.06 bits per heavy atom. The third-order valence-electron chi connectivity index (χ3n) is 6.78. The molecule has 8 heteroatoms. The molecule has 2 aromatic rings. The van der Waals surface area contributed by atoms with Crippen LogP contribution >= 0.6 is 0 Å². The molecular formula is C23H31N6O2+. The summed E-state index contributed by atoms with van der Waals surface area (Å²) in [5.74, 6) is 0. The maximum Gasteiger partial charge on any atom is 0.269 e. The summed E-state index contributed by atoms with van der Waals surface area (Å²) >= 11 is 0. The van der Waals surface area contributed by atoms with Crippen molar-refractivity contribution in [3.05, 3.63) is 58.1 Å². The molecular weight excluding hydrogens is 392 g/mol. The van der Waals surface area contributed by atoms with Crippen LogP contribution in [0.15, 0.2) is 52.7 Å². The van der Waals surface area contributed by atoms with Gasteiger partial charge in [0.05, 0.1) is 49.0 Å². The molecule has 3 heterocycles. The van der Waals surface area contributed by atoms with E-state index in [-0.39, 0.29) is 5.69 Å². The van der Waals surface area contributed by atoms with Gasteiger partial charge >= 0.3 is 0 Å². The van der Waals surface area contributed by atoms with Gasteiger partial charge in [-0.25, -0.2) is 0 Å². The molecule has 0 N–H and O–H groups in total. The molecule has 3 aliphatic heterocycles. The molecule has 0 aliphatic carbocycles. The highest BCUT2D eigenvalue weighted by Crippen LogP contribution is 2.28. The van der Waals surface area contributed by atoms with E-state index >= 15 is 0 Å². The van der Waals surface area contributed by atoms with E-state index in [0.717, 1.165) is 24.3 Å². The molecule has 2 aromatic carbocycles. The van der Waals surface area contributed by atoms with Crippen LogP contribution in [0.2, 0.25) is 0 Å². The number of nitrogens with zero attached hydrogens (tertiary/aromatic N) is 6. The molecule has 0 aromatic heterocycles. The SMILES string of the molecule is CCN(CC[N+]12CCN(CC1)CC2)c1ccc(/N=N/c2ccc([N+](=O)[O-])cc2)c(C)c1. The van der Waals surface area contributed by atoms with Crippen molar-refractivity contribution < 1.29 is 9.41 Å². The molecule has 8 nitrogen and oxygen atoms in total. The summed E-state index contributed by atoms with van der Waals surface area (Å²) in [5.41, 5.74) is 3.76. The van der Waals surface area contributed by atoms with Crippen molar-refractivity contribution in [1.82, 2.24) is 4.90 Å². The zero-order valence-electron chi connectivity index (χ0n) is 18.4. The van der Waals surface area contributed by atoms with Crippen LogP contribution in [0.1, 0.15) is 12.5 Å². The number of benzene rings is 2. The van der Waals surface area contributed by atoms with Gasteiger partial charge < -0.3 is 9.38 Å². The van der Waals surface area contributed by atoms with Crippen molar-refractivity contribution in [2.24, 2.45) is 10.2 Å². The Balaban J connectivity index is 1.41. The van der Waals surface area contributed by atoms with Crippen LogP contribution in [0.4, 0.5) is 22.7 Å². The highest BCUT2D eigenvalue weighted by atomic mass is 16.6. The fraction of sp³-hybridized carbons (Fsp3) is 0.478.